The van der Waals surface area contributed by atoms with Crippen LogP contribution in [0.4, 0.5) is 0 Å². The molecule has 2 aromatic heterocycles. The van der Waals surface area contributed by atoms with Gasteiger partial charge in [-0.15, -0.1) is 0 Å². The van der Waals surface area contributed by atoms with Crippen LogP contribution in [0, 0.1) is 0 Å². The summed E-state index contributed by atoms with van der Waals surface area (Å²) in [6.07, 6.45) is 8.49. The maximum atomic E-state index is 13.1. The van der Waals surface area contributed by atoms with E-state index in [1.807, 2.05) is 14.0 Å². The predicted molar refractivity (Wildman–Crippen MR) is 91.0 cm³/mol. The second-order valence-corrected chi connectivity index (χ2v) is 9.70. The normalized spacial score (nSPS) is 24.2. The fourth-order valence-corrected chi connectivity index (χ4v) is 5.45. The first-order valence-corrected chi connectivity index (χ1v) is 10.2. The van der Waals surface area contributed by atoms with Gasteiger partial charge in [-0.2, -0.15) is 14.4 Å². The van der Waals surface area contributed by atoms with E-state index in [-0.39, 0.29) is 6.04 Å². The van der Waals surface area contributed by atoms with Gasteiger partial charge in [0.1, 0.15) is 0 Å². The molecule has 0 amide bonds. The monoisotopic (exact) mass is 365 g/mol. The van der Waals surface area contributed by atoms with Crippen LogP contribution in [0.25, 0.3) is 11.5 Å². The third-order valence-electron chi connectivity index (χ3n) is 5.28. The molecule has 1 unspecified atom stereocenters. The number of nitrogens with zero attached hydrogens (tertiary/aromatic N) is 5. The number of hydrogen-bond acceptors (Lipinski definition) is 6. The summed E-state index contributed by atoms with van der Waals surface area (Å²) in [5.74, 6) is 0.830. The lowest BCUT2D eigenvalue weighted by Crippen LogP contribution is -2.41. The molecule has 0 N–H and O–H groups in total. The SMILES string of the molecule is Cn1cc(-c2nc(C3CCCCCN3S(=O)(=O)C3(C)CC3)no2)cn1. The molecule has 0 aromatic carbocycles. The fourth-order valence-electron chi connectivity index (χ4n) is 3.36. The lowest BCUT2D eigenvalue weighted by molar-refractivity contribution is 0.301. The van der Waals surface area contributed by atoms with Crippen molar-refractivity contribution >= 4 is 10.0 Å². The molecule has 8 nitrogen and oxygen atoms in total. The van der Waals surface area contributed by atoms with Crippen LogP contribution in [-0.4, -0.2) is 43.9 Å². The van der Waals surface area contributed by atoms with Gasteiger partial charge in [-0.3, -0.25) is 4.68 Å². The Morgan fingerprint density at radius 1 is 1.28 bits per heavy atom. The Morgan fingerprint density at radius 2 is 2.08 bits per heavy atom. The van der Waals surface area contributed by atoms with Crippen molar-refractivity contribution in [3.8, 4) is 11.5 Å². The van der Waals surface area contributed by atoms with E-state index in [1.54, 1.807) is 21.4 Å². The summed E-state index contributed by atoms with van der Waals surface area (Å²) in [5, 5.41) is 8.21. The summed E-state index contributed by atoms with van der Waals surface area (Å²) in [6.45, 7) is 2.36. The Hall–Kier alpha value is -1.74. The molecule has 1 saturated carbocycles. The van der Waals surface area contributed by atoms with Crippen LogP contribution >= 0.6 is 0 Å². The number of hydrogen-bond donors (Lipinski definition) is 0. The van der Waals surface area contributed by atoms with Crippen molar-refractivity contribution in [3.05, 3.63) is 18.2 Å². The number of aryl methyl sites for hydroxylation is 1. The number of rotatable bonds is 4. The molecule has 0 spiro atoms. The highest BCUT2D eigenvalue weighted by molar-refractivity contribution is 7.90. The molecule has 1 atom stereocenters. The zero-order valence-corrected chi connectivity index (χ0v) is 15.4. The van der Waals surface area contributed by atoms with E-state index >= 15 is 0 Å². The summed E-state index contributed by atoms with van der Waals surface area (Å²) in [4.78, 5) is 4.49. The molecule has 1 aliphatic carbocycles. The Morgan fingerprint density at radius 3 is 2.76 bits per heavy atom. The Bertz CT molecular complexity index is 868. The zero-order chi connectivity index (χ0) is 17.7. The molecule has 4 rings (SSSR count). The van der Waals surface area contributed by atoms with Crippen LogP contribution in [0.2, 0.25) is 0 Å². The van der Waals surface area contributed by atoms with Gasteiger partial charge in [0, 0.05) is 19.8 Å². The fraction of sp³-hybridized carbons (Fsp3) is 0.688. The first-order chi connectivity index (χ1) is 11.9. The topological polar surface area (TPSA) is 94.1 Å². The summed E-state index contributed by atoms with van der Waals surface area (Å²) >= 11 is 0. The van der Waals surface area contributed by atoms with E-state index in [2.05, 4.69) is 15.2 Å². The van der Waals surface area contributed by atoms with E-state index in [1.165, 1.54) is 0 Å². The van der Waals surface area contributed by atoms with E-state index in [0.29, 0.717) is 18.3 Å². The van der Waals surface area contributed by atoms with Crippen molar-refractivity contribution < 1.29 is 12.9 Å². The molecule has 2 aromatic rings. The molecule has 25 heavy (non-hydrogen) atoms. The van der Waals surface area contributed by atoms with Crippen molar-refractivity contribution in [1.29, 1.82) is 0 Å². The van der Waals surface area contributed by atoms with Gasteiger partial charge in [-0.25, -0.2) is 8.42 Å². The molecule has 0 bridgehead atoms. The van der Waals surface area contributed by atoms with Crippen molar-refractivity contribution in [3.63, 3.8) is 0 Å². The molecule has 3 heterocycles. The quantitative estimate of drug-likeness (QED) is 0.825. The highest BCUT2D eigenvalue weighted by Gasteiger charge is 2.54. The summed E-state index contributed by atoms with van der Waals surface area (Å²) < 4.78 is 34.3. The lowest BCUT2D eigenvalue weighted by Gasteiger charge is -2.29. The van der Waals surface area contributed by atoms with Gasteiger partial charge >= 0.3 is 0 Å². The molecule has 136 valence electrons. The smallest absolute Gasteiger partial charge is 0.261 e. The molecular weight excluding hydrogens is 342 g/mol. The summed E-state index contributed by atoms with van der Waals surface area (Å²) in [7, 11) is -1.55. The predicted octanol–water partition coefficient (Wildman–Crippen LogP) is 2.27. The largest absolute Gasteiger partial charge is 0.334 e. The van der Waals surface area contributed by atoms with E-state index in [0.717, 1.165) is 44.1 Å². The van der Waals surface area contributed by atoms with Crippen molar-refractivity contribution in [2.24, 2.45) is 7.05 Å². The van der Waals surface area contributed by atoms with Gasteiger partial charge in [0.05, 0.1) is 22.5 Å². The van der Waals surface area contributed by atoms with Gasteiger partial charge in [0.25, 0.3) is 5.89 Å². The molecule has 2 aliphatic rings. The molecule has 1 saturated heterocycles. The molecule has 9 heteroatoms. The summed E-state index contributed by atoms with van der Waals surface area (Å²) in [5.41, 5.74) is 0.735. The average molecular weight is 365 g/mol. The third kappa shape index (κ3) is 2.89. The van der Waals surface area contributed by atoms with Gasteiger partial charge in [0.15, 0.2) is 5.82 Å². The van der Waals surface area contributed by atoms with Crippen LogP contribution in [0.3, 0.4) is 0 Å². The Kier molecular flexibility index (Phi) is 3.95. The maximum Gasteiger partial charge on any atom is 0.261 e. The van der Waals surface area contributed by atoms with E-state index in [9.17, 15) is 8.42 Å². The maximum absolute atomic E-state index is 13.1. The highest BCUT2D eigenvalue weighted by Crippen LogP contribution is 2.47. The zero-order valence-electron chi connectivity index (χ0n) is 14.6. The minimum Gasteiger partial charge on any atom is -0.334 e. The van der Waals surface area contributed by atoms with Crippen LogP contribution in [0.5, 0.6) is 0 Å². The summed E-state index contributed by atoms with van der Waals surface area (Å²) in [6, 6.07) is -0.348. The molecule has 1 aliphatic heterocycles. The van der Waals surface area contributed by atoms with Crippen LogP contribution in [-0.2, 0) is 17.1 Å². The van der Waals surface area contributed by atoms with Crippen LogP contribution in [0.1, 0.15) is 57.3 Å². The average Bonchev–Trinajstić information content (AvgIpc) is 3.03. The van der Waals surface area contributed by atoms with Crippen LogP contribution in [0.15, 0.2) is 16.9 Å². The third-order valence-corrected chi connectivity index (χ3v) is 7.99. The first kappa shape index (κ1) is 16.7. The van der Waals surface area contributed by atoms with Gasteiger partial charge in [-0.1, -0.05) is 18.0 Å². The van der Waals surface area contributed by atoms with Crippen molar-refractivity contribution in [2.45, 2.75) is 56.2 Å². The second kappa shape index (κ2) is 5.91. The minimum atomic E-state index is -3.37. The van der Waals surface area contributed by atoms with Gasteiger partial charge in [-0.05, 0) is 32.6 Å². The van der Waals surface area contributed by atoms with Gasteiger partial charge < -0.3 is 4.52 Å². The molecule has 0 radical (unpaired) electrons. The van der Waals surface area contributed by atoms with Gasteiger partial charge in [0.2, 0.25) is 10.0 Å². The molecule has 2 fully saturated rings. The van der Waals surface area contributed by atoms with E-state index < -0.39 is 14.8 Å². The van der Waals surface area contributed by atoms with Crippen LogP contribution < -0.4 is 0 Å². The Labute approximate surface area is 147 Å². The van der Waals surface area contributed by atoms with E-state index in [4.69, 9.17) is 4.52 Å². The lowest BCUT2D eigenvalue weighted by atomic mass is 10.1. The minimum absolute atomic E-state index is 0.348. The first-order valence-electron chi connectivity index (χ1n) is 8.75. The standard InChI is InChI=1S/C16H23N5O3S/c1-16(7-8-16)25(22,23)21-9-5-3-4-6-13(21)14-18-15(24-19-14)12-10-17-20(2)11-12/h10-11,13H,3-9H2,1-2H3. The highest BCUT2D eigenvalue weighted by atomic mass is 32.2. The second-order valence-electron chi connectivity index (χ2n) is 7.29. The number of sulfonamides is 1. The number of aromatic nitrogens is 4. The van der Waals surface area contributed by atoms with Crippen molar-refractivity contribution in [2.75, 3.05) is 6.54 Å². The molecular formula is C16H23N5O3S. The Balaban J connectivity index is 1.67. The van der Waals surface area contributed by atoms with Crippen molar-refractivity contribution in [1.82, 2.24) is 24.2 Å².